The largest absolute Gasteiger partial charge is 0.333 e. The molecule has 0 saturated carbocycles. The summed E-state index contributed by atoms with van der Waals surface area (Å²) in [6, 6.07) is 15.8. The van der Waals surface area contributed by atoms with Crippen LogP contribution in [0, 0.1) is 0 Å². The van der Waals surface area contributed by atoms with Crippen molar-refractivity contribution in [3.63, 3.8) is 0 Å². The summed E-state index contributed by atoms with van der Waals surface area (Å²) < 4.78 is 2.76. The van der Waals surface area contributed by atoms with Crippen LogP contribution < -0.4 is 16.6 Å². The monoisotopic (exact) mass is 493 g/mol. The van der Waals surface area contributed by atoms with E-state index in [9.17, 15) is 14.4 Å². The first-order valence-corrected chi connectivity index (χ1v) is 12.5. The Morgan fingerprint density at radius 3 is 2.50 bits per heavy atom. The summed E-state index contributed by atoms with van der Waals surface area (Å²) >= 11 is 7.41. The molecule has 1 aliphatic carbocycles. The smallest absolute Gasteiger partial charge is 0.325 e. The molecule has 4 aromatic rings. The first kappa shape index (κ1) is 22.6. The first-order valence-electron chi connectivity index (χ1n) is 11.3. The maximum Gasteiger partial charge on any atom is 0.333 e. The van der Waals surface area contributed by atoms with Gasteiger partial charge in [0.25, 0.3) is 5.56 Å². The van der Waals surface area contributed by atoms with Crippen molar-refractivity contribution < 1.29 is 4.79 Å². The van der Waals surface area contributed by atoms with Crippen LogP contribution in [0.2, 0.25) is 5.02 Å². The number of carbonyl (C=O) groups excluding carboxylic acids is 1. The zero-order chi connectivity index (χ0) is 23.8. The quantitative estimate of drug-likeness (QED) is 0.425. The molecule has 5 rings (SSSR count). The van der Waals surface area contributed by atoms with Gasteiger partial charge in [0.1, 0.15) is 11.4 Å². The molecular formula is C26H24ClN3O3S. The number of carbonyl (C=O) groups is 1. The topological polar surface area (TPSA) is 73.1 Å². The third kappa shape index (κ3) is 4.10. The number of benzene rings is 2. The number of hydrogen-bond donors (Lipinski definition) is 1. The Bertz CT molecular complexity index is 1490. The highest BCUT2D eigenvalue weighted by Crippen LogP contribution is 2.34. The van der Waals surface area contributed by atoms with Crippen LogP contribution in [-0.4, -0.2) is 15.0 Å². The molecule has 2 heterocycles. The van der Waals surface area contributed by atoms with Gasteiger partial charge in [0.05, 0.1) is 11.4 Å². The molecule has 0 spiro atoms. The van der Waals surface area contributed by atoms with Gasteiger partial charge < -0.3 is 5.32 Å². The van der Waals surface area contributed by atoms with Crippen LogP contribution in [0.15, 0.2) is 64.2 Å². The average molecular weight is 494 g/mol. The molecule has 1 atom stereocenters. The Hall–Kier alpha value is -3.16. The van der Waals surface area contributed by atoms with Gasteiger partial charge in [-0.25, -0.2) is 4.79 Å². The average Bonchev–Trinajstić information content (AvgIpc) is 3.23. The molecule has 0 aliphatic heterocycles. The van der Waals surface area contributed by atoms with Crippen molar-refractivity contribution in [2.75, 3.05) is 5.32 Å². The Morgan fingerprint density at radius 1 is 1.06 bits per heavy atom. The lowest BCUT2D eigenvalue weighted by Gasteiger charge is -2.18. The Balaban J connectivity index is 1.64. The number of thiophene rings is 1. The highest BCUT2D eigenvalue weighted by Gasteiger charge is 2.26. The number of aromatic nitrogens is 2. The van der Waals surface area contributed by atoms with Crippen molar-refractivity contribution in [1.29, 1.82) is 0 Å². The van der Waals surface area contributed by atoms with Gasteiger partial charge in [-0.1, -0.05) is 41.9 Å². The number of nitrogens with zero attached hydrogens (tertiary/aromatic N) is 2. The van der Waals surface area contributed by atoms with E-state index < -0.39 is 11.7 Å². The molecule has 174 valence electrons. The lowest BCUT2D eigenvalue weighted by molar-refractivity contribution is -0.116. The van der Waals surface area contributed by atoms with Crippen LogP contribution in [0.3, 0.4) is 0 Å². The van der Waals surface area contributed by atoms with E-state index in [0.717, 1.165) is 41.7 Å². The van der Waals surface area contributed by atoms with E-state index in [1.54, 1.807) is 24.3 Å². The van der Waals surface area contributed by atoms with Gasteiger partial charge >= 0.3 is 5.69 Å². The molecule has 1 N–H and O–H groups in total. The summed E-state index contributed by atoms with van der Waals surface area (Å²) in [4.78, 5) is 42.1. The Kier molecular flexibility index (Phi) is 6.15. The molecule has 8 heteroatoms. The van der Waals surface area contributed by atoms with Gasteiger partial charge in [-0.15, -0.1) is 11.3 Å². The van der Waals surface area contributed by atoms with Crippen molar-refractivity contribution in [1.82, 2.24) is 9.13 Å². The third-order valence-electron chi connectivity index (χ3n) is 6.37. The van der Waals surface area contributed by atoms with E-state index in [2.05, 4.69) is 5.32 Å². The number of nitrogens with one attached hydrogen (secondary N) is 1. The van der Waals surface area contributed by atoms with E-state index in [1.807, 2.05) is 37.3 Å². The Labute approximate surface area is 205 Å². The van der Waals surface area contributed by atoms with E-state index in [4.69, 9.17) is 11.6 Å². The van der Waals surface area contributed by atoms with Crippen LogP contribution in [-0.2, 0) is 24.2 Å². The van der Waals surface area contributed by atoms with Gasteiger partial charge in [-0.05, 0) is 68.0 Å². The van der Waals surface area contributed by atoms with Gasteiger partial charge in [-0.3, -0.25) is 18.7 Å². The lowest BCUT2D eigenvalue weighted by atomic mass is 9.97. The van der Waals surface area contributed by atoms with Gasteiger partial charge in [0.15, 0.2) is 0 Å². The molecular weight excluding hydrogens is 470 g/mol. The highest BCUT2D eigenvalue weighted by atomic mass is 35.5. The maximum absolute atomic E-state index is 13.7. The third-order valence-corrected chi connectivity index (χ3v) is 7.93. The fourth-order valence-corrected chi connectivity index (χ4v) is 6.12. The summed E-state index contributed by atoms with van der Waals surface area (Å²) in [6.45, 7) is 1.67. The number of anilines is 1. The summed E-state index contributed by atoms with van der Waals surface area (Å²) in [5.74, 6) is -0.338. The molecule has 1 amide bonds. The fraction of sp³-hybridized carbons (Fsp3) is 0.269. The maximum atomic E-state index is 13.7. The van der Waals surface area contributed by atoms with Crippen LogP contribution in [0.25, 0.3) is 10.2 Å². The van der Waals surface area contributed by atoms with Gasteiger partial charge in [0.2, 0.25) is 5.91 Å². The molecule has 0 saturated heterocycles. The standard InChI is InChI=1S/C26H24ClN3O3S/c1-16(17-7-3-2-4-8-17)30-24(32)23-20-9-5-6-10-21(20)34-25(23)29(26(30)33)15-22(31)28-19-13-11-18(27)12-14-19/h2-4,7-8,11-14,16H,5-6,9-10,15H2,1H3,(H,28,31). The number of amides is 1. The molecule has 1 unspecified atom stereocenters. The number of aryl methyl sites for hydroxylation is 2. The summed E-state index contributed by atoms with van der Waals surface area (Å²) in [5, 5.41) is 3.98. The predicted octanol–water partition coefficient (Wildman–Crippen LogP) is 5.00. The van der Waals surface area contributed by atoms with Crippen molar-refractivity contribution in [2.45, 2.75) is 45.2 Å². The van der Waals surface area contributed by atoms with Crippen LogP contribution in [0.1, 0.15) is 41.8 Å². The number of fused-ring (bicyclic) bond motifs is 3. The number of halogens is 1. The molecule has 34 heavy (non-hydrogen) atoms. The molecule has 0 fully saturated rings. The fourth-order valence-electron chi connectivity index (χ4n) is 4.63. The Morgan fingerprint density at radius 2 is 1.76 bits per heavy atom. The predicted molar refractivity (Wildman–Crippen MR) is 137 cm³/mol. The highest BCUT2D eigenvalue weighted by molar-refractivity contribution is 7.18. The molecule has 0 bridgehead atoms. The second-order valence-corrected chi connectivity index (χ2v) is 10.1. The number of rotatable bonds is 5. The molecule has 6 nitrogen and oxygen atoms in total. The van der Waals surface area contributed by atoms with Crippen LogP contribution >= 0.6 is 22.9 Å². The molecule has 0 radical (unpaired) electrons. The first-order chi connectivity index (χ1) is 16.4. The normalized spacial score (nSPS) is 14.1. The SMILES string of the molecule is CC(c1ccccc1)n1c(=O)c2c3c(sc2n(CC(=O)Nc2ccc(Cl)cc2)c1=O)CCCC3. The second-order valence-electron chi connectivity index (χ2n) is 8.58. The summed E-state index contributed by atoms with van der Waals surface area (Å²) in [6.07, 6.45) is 3.80. The van der Waals surface area contributed by atoms with E-state index in [-0.39, 0.29) is 18.0 Å². The van der Waals surface area contributed by atoms with Gasteiger partial charge in [0, 0.05) is 15.6 Å². The van der Waals surface area contributed by atoms with Gasteiger partial charge in [-0.2, -0.15) is 0 Å². The molecule has 2 aromatic carbocycles. The van der Waals surface area contributed by atoms with Crippen molar-refractivity contribution in [2.24, 2.45) is 0 Å². The minimum atomic E-state index is -0.473. The van der Waals surface area contributed by atoms with E-state index in [0.29, 0.717) is 20.9 Å². The van der Waals surface area contributed by atoms with E-state index in [1.165, 1.54) is 20.5 Å². The van der Waals surface area contributed by atoms with Crippen molar-refractivity contribution >= 4 is 44.7 Å². The van der Waals surface area contributed by atoms with Crippen LogP contribution in [0.4, 0.5) is 5.69 Å². The van der Waals surface area contributed by atoms with E-state index >= 15 is 0 Å². The lowest BCUT2D eigenvalue weighted by Crippen LogP contribution is -2.43. The van der Waals surface area contributed by atoms with Crippen LogP contribution in [0.5, 0.6) is 0 Å². The molecule has 1 aliphatic rings. The summed E-state index contributed by atoms with van der Waals surface area (Å²) in [5.41, 5.74) is 1.75. The number of hydrogen-bond acceptors (Lipinski definition) is 4. The second kappa shape index (κ2) is 9.24. The zero-order valence-electron chi connectivity index (χ0n) is 18.7. The van der Waals surface area contributed by atoms with Crippen molar-refractivity contribution in [3.05, 3.63) is 96.5 Å². The summed E-state index contributed by atoms with van der Waals surface area (Å²) in [7, 11) is 0. The zero-order valence-corrected chi connectivity index (χ0v) is 20.3. The minimum absolute atomic E-state index is 0.181. The molecule has 2 aromatic heterocycles. The van der Waals surface area contributed by atoms with Crippen molar-refractivity contribution in [3.8, 4) is 0 Å². The minimum Gasteiger partial charge on any atom is -0.325 e.